The summed E-state index contributed by atoms with van der Waals surface area (Å²) in [6.45, 7) is 2.47. The molecule has 1 aromatic heterocycles. The highest BCUT2D eigenvalue weighted by atomic mass is 19.4. The number of nitrogens with one attached hydrogen (secondary N) is 2. The van der Waals surface area contributed by atoms with E-state index in [2.05, 4.69) is 20.6 Å². The second-order valence-electron chi connectivity index (χ2n) is 7.27. The first-order valence-corrected chi connectivity index (χ1v) is 9.86. The summed E-state index contributed by atoms with van der Waals surface area (Å²) in [6.07, 6.45) is -2.71. The van der Waals surface area contributed by atoms with E-state index >= 15 is 0 Å². The molecule has 0 spiro atoms. The number of carbonyl (C=O) groups excluding carboxylic acids is 1. The van der Waals surface area contributed by atoms with Crippen molar-refractivity contribution in [3.8, 4) is 0 Å². The molecule has 1 saturated heterocycles. The smallest absolute Gasteiger partial charge is 0.387 e. The zero-order chi connectivity index (χ0) is 22.6. The molecular weight excluding hydrogens is 418 g/mol. The maximum absolute atomic E-state index is 13.6. The molecule has 1 aliphatic heterocycles. The van der Waals surface area contributed by atoms with Gasteiger partial charge in [0.1, 0.15) is 18.2 Å². The summed E-state index contributed by atoms with van der Waals surface area (Å²) in [5, 5.41) is 14.3. The first-order valence-electron chi connectivity index (χ1n) is 9.86. The monoisotopic (exact) mass is 441 g/mol. The summed E-state index contributed by atoms with van der Waals surface area (Å²) < 4.78 is 52.6. The number of alkyl halides is 3. The van der Waals surface area contributed by atoms with Gasteiger partial charge in [-0.2, -0.15) is 18.2 Å². The van der Waals surface area contributed by atoms with Crippen LogP contribution in [0.3, 0.4) is 0 Å². The summed E-state index contributed by atoms with van der Waals surface area (Å²) in [5.41, 5.74) is -0.650. The number of anilines is 3. The second-order valence-corrected chi connectivity index (χ2v) is 7.27. The lowest BCUT2D eigenvalue weighted by Crippen LogP contribution is -2.38. The van der Waals surface area contributed by atoms with Crippen LogP contribution in [0.15, 0.2) is 24.3 Å². The number of halogens is 4. The highest BCUT2D eigenvalue weighted by molar-refractivity contribution is 5.77. The molecule has 1 unspecified atom stereocenters. The van der Waals surface area contributed by atoms with Crippen LogP contribution in [0.4, 0.5) is 35.0 Å². The van der Waals surface area contributed by atoms with Gasteiger partial charge in [-0.05, 0) is 31.0 Å². The Kier molecular flexibility index (Phi) is 6.94. The maximum atomic E-state index is 13.6. The fraction of sp³-hybridized carbons (Fsp3) is 0.450. The number of hydrogen-bond acceptors (Lipinski definition) is 6. The van der Waals surface area contributed by atoms with Gasteiger partial charge in [0.2, 0.25) is 11.9 Å². The van der Waals surface area contributed by atoms with E-state index in [1.165, 1.54) is 6.07 Å². The van der Waals surface area contributed by atoms with Crippen LogP contribution in [0.25, 0.3) is 0 Å². The quantitative estimate of drug-likeness (QED) is 0.573. The summed E-state index contributed by atoms with van der Waals surface area (Å²) in [6, 6.07) is 4.28. The number of aryl methyl sites for hydroxylation is 1. The second kappa shape index (κ2) is 9.46. The van der Waals surface area contributed by atoms with Gasteiger partial charge in [-0.25, -0.2) is 9.37 Å². The first kappa shape index (κ1) is 22.7. The van der Waals surface area contributed by atoms with E-state index in [-0.39, 0.29) is 17.7 Å². The number of rotatable bonds is 7. The molecule has 0 aliphatic carbocycles. The topological polar surface area (TPSA) is 90.4 Å². The Morgan fingerprint density at radius 1 is 1.29 bits per heavy atom. The summed E-state index contributed by atoms with van der Waals surface area (Å²) >= 11 is 0. The normalized spacial score (nSPS) is 16.5. The molecule has 1 atom stereocenters. The van der Waals surface area contributed by atoms with Crippen molar-refractivity contribution in [1.82, 2.24) is 15.3 Å². The number of aliphatic hydroxyl groups is 1. The number of aromatic nitrogens is 2. The van der Waals surface area contributed by atoms with Gasteiger partial charge in [0.05, 0.1) is 5.56 Å². The van der Waals surface area contributed by atoms with Gasteiger partial charge >= 0.3 is 6.18 Å². The molecular formula is C20H23F4N5O2. The fourth-order valence-corrected chi connectivity index (χ4v) is 3.39. The van der Waals surface area contributed by atoms with Crippen LogP contribution < -0.4 is 15.5 Å². The summed E-state index contributed by atoms with van der Waals surface area (Å²) in [5.74, 6) is -1.14. The number of amides is 1. The number of benzene rings is 1. The van der Waals surface area contributed by atoms with Crippen LogP contribution in [-0.2, 0) is 17.4 Å². The lowest BCUT2D eigenvalue weighted by atomic mass is 10.2. The minimum atomic E-state index is -4.82. The third kappa shape index (κ3) is 5.81. The Hall–Kier alpha value is -2.95. The van der Waals surface area contributed by atoms with E-state index < -0.39 is 30.1 Å². The Morgan fingerprint density at radius 3 is 2.74 bits per heavy atom. The minimum Gasteiger partial charge on any atom is -0.387 e. The van der Waals surface area contributed by atoms with Crippen LogP contribution in [0.5, 0.6) is 0 Å². The van der Waals surface area contributed by atoms with E-state index in [9.17, 15) is 22.4 Å². The first-order chi connectivity index (χ1) is 14.7. The molecule has 11 heteroatoms. The van der Waals surface area contributed by atoms with Crippen molar-refractivity contribution in [1.29, 1.82) is 0 Å². The SMILES string of the molecule is CCCc1cc(N2CCC(NC(=O)CO)C2)nc(Nc2ccc(F)c(C(F)(F)F)c2)n1. The largest absolute Gasteiger partial charge is 0.419 e. The van der Waals surface area contributed by atoms with Crippen LogP contribution in [-0.4, -0.2) is 46.7 Å². The van der Waals surface area contributed by atoms with Gasteiger partial charge in [-0.1, -0.05) is 13.3 Å². The van der Waals surface area contributed by atoms with Crippen molar-refractivity contribution in [3.63, 3.8) is 0 Å². The minimum absolute atomic E-state index is 0.0165. The van der Waals surface area contributed by atoms with Gasteiger partial charge in [0.15, 0.2) is 0 Å². The van der Waals surface area contributed by atoms with Gasteiger partial charge in [0, 0.05) is 36.6 Å². The summed E-state index contributed by atoms with van der Waals surface area (Å²) in [4.78, 5) is 22.1. The van der Waals surface area contributed by atoms with Crippen molar-refractivity contribution in [2.24, 2.45) is 0 Å². The van der Waals surface area contributed by atoms with E-state index in [1.54, 1.807) is 6.07 Å². The lowest BCUT2D eigenvalue weighted by molar-refractivity contribution is -0.140. The van der Waals surface area contributed by atoms with E-state index in [4.69, 9.17) is 5.11 Å². The molecule has 1 fully saturated rings. The van der Waals surface area contributed by atoms with Crippen molar-refractivity contribution in [3.05, 3.63) is 41.3 Å². The predicted molar refractivity (Wildman–Crippen MR) is 107 cm³/mol. The van der Waals surface area contributed by atoms with Gasteiger partial charge < -0.3 is 20.6 Å². The van der Waals surface area contributed by atoms with Crippen molar-refractivity contribution in [2.45, 2.75) is 38.4 Å². The number of hydrogen-bond donors (Lipinski definition) is 3. The number of carbonyl (C=O) groups is 1. The molecule has 168 valence electrons. The van der Waals surface area contributed by atoms with Crippen LogP contribution in [0.1, 0.15) is 31.0 Å². The molecule has 1 aliphatic rings. The average molecular weight is 441 g/mol. The van der Waals surface area contributed by atoms with Crippen molar-refractivity contribution in [2.75, 3.05) is 29.9 Å². The third-order valence-corrected chi connectivity index (χ3v) is 4.82. The zero-order valence-electron chi connectivity index (χ0n) is 16.8. The molecule has 3 N–H and O–H groups in total. The highest BCUT2D eigenvalue weighted by Crippen LogP contribution is 2.33. The van der Waals surface area contributed by atoms with E-state index in [1.807, 2.05) is 11.8 Å². The fourth-order valence-electron chi connectivity index (χ4n) is 3.39. The Labute approximate surface area is 176 Å². The molecule has 0 bridgehead atoms. The van der Waals surface area contributed by atoms with E-state index in [0.717, 1.165) is 12.5 Å². The molecule has 2 aromatic rings. The zero-order valence-corrected chi connectivity index (χ0v) is 16.8. The van der Waals surface area contributed by atoms with Crippen LogP contribution in [0.2, 0.25) is 0 Å². The molecule has 0 saturated carbocycles. The van der Waals surface area contributed by atoms with Crippen LogP contribution >= 0.6 is 0 Å². The molecule has 7 nitrogen and oxygen atoms in total. The average Bonchev–Trinajstić information content (AvgIpc) is 3.17. The molecule has 1 amide bonds. The highest BCUT2D eigenvalue weighted by Gasteiger charge is 2.34. The molecule has 2 heterocycles. The van der Waals surface area contributed by atoms with Gasteiger partial charge in [-0.15, -0.1) is 0 Å². The molecule has 1 aromatic carbocycles. The Morgan fingerprint density at radius 2 is 2.06 bits per heavy atom. The molecule has 3 rings (SSSR count). The number of nitrogens with zero attached hydrogens (tertiary/aromatic N) is 3. The predicted octanol–water partition coefficient (Wildman–Crippen LogP) is 3.02. The summed E-state index contributed by atoms with van der Waals surface area (Å²) in [7, 11) is 0. The van der Waals surface area contributed by atoms with Crippen molar-refractivity contribution >= 4 is 23.4 Å². The van der Waals surface area contributed by atoms with E-state index in [0.29, 0.717) is 43.5 Å². The molecule has 31 heavy (non-hydrogen) atoms. The Balaban J connectivity index is 1.84. The van der Waals surface area contributed by atoms with Crippen LogP contribution in [0, 0.1) is 5.82 Å². The van der Waals surface area contributed by atoms with Gasteiger partial charge in [-0.3, -0.25) is 4.79 Å². The third-order valence-electron chi connectivity index (χ3n) is 4.82. The standard InChI is InChI=1S/C20H23F4N5O2/c1-2-3-12-9-17(29-7-6-14(10-29)25-18(31)11-30)28-19(26-12)27-13-4-5-16(21)15(8-13)20(22,23)24/h4-5,8-9,14,30H,2-3,6-7,10-11H2,1H3,(H,25,31)(H,26,27,28). The Bertz CT molecular complexity index is 938. The maximum Gasteiger partial charge on any atom is 0.419 e. The lowest BCUT2D eigenvalue weighted by Gasteiger charge is -2.20. The van der Waals surface area contributed by atoms with Crippen molar-refractivity contribution < 1.29 is 27.5 Å². The van der Waals surface area contributed by atoms with Gasteiger partial charge in [0.25, 0.3) is 0 Å². The number of aliphatic hydroxyl groups excluding tert-OH is 1. The molecule has 0 radical (unpaired) electrons.